The highest BCUT2D eigenvalue weighted by atomic mass is 19.1. The van der Waals surface area contributed by atoms with Crippen LogP contribution in [0.3, 0.4) is 0 Å². The summed E-state index contributed by atoms with van der Waals surface area (Å²) in [6.45, 7) is 6.04. The molecule has 3 amide bonds. The lowest BCUT2D eigenvalue weighted by Crippen LogP contribution is -2.40. The van der Waals surface area contributed by atoms with E-state index in [1.807, 2.05) is 13.0 Å². The summed E-state index contributed by atoms with van der Waals surface area (Å²) < 4.78 is 19.6. The molecule has 226 valence electrons. The van der Waals surface area contributed by atoms with E-state index in [-0.39, 0.29) is 37.0 Å². The van der Waals surface area contributed by atoms with Gasteiger partial charge in [0, 0.05) is 47.8 Å². The number of nitrogens with two attached hydrogens (primary N) is 1. The third-order valence-electron chi connectivity index (χ3n) is 8.49. The summed E-state index contributed by atoms with van der Waals surface area (Å²) in [5.41, 5.74) is 6.99. The first-order chi connectivity index (χ1) is 20.9. The fraction of sp³-hybridized carbons (Fsp3) is 0.303. The molecule has 0 bridgehead atoms. The summed E-state index contributed by atoms with van der Waals surface area (Å²) in [7, 11) is 0. The predicted octanol–water partition coefficient (Wildman–Crippen LogP) is 4.28. The summed E-state index contributed by atoms with van der Waals surface area (Å²) >= 11 is 0. The van der Waals surface area contributed by atoms with Gasteiger partial charge < -0.3 is 20.9 Å². The van der Waals surface area contributed by atoms with Crippen molar-refractivity contribution in [1.82, 2.24) is 15.3 Å². The number of carbonyl (C=O) groups is 3. The zero-order valence-corrected chi connectivity index (χ0v) is 24.6. The molecule has 4 N–H and O–H groups in total. The molecular formula is C33H32FN5O5. The number of ether oxygens (including phenoxy) is 1. The molecule has 2 aliphatic rings. The normalized spacial score (nSPS) is 18.9. The Morgan fingerprint density at radius 2 is 1.95 bits per heavy atom. The number of carbonyl (C=O) groups excluding carboxylic acids is 3. The van der Waals surface area contributed by atoms with Gasteiger partial charge in [-0.05, 0) is 81.3 Å². The molecule has 0 aliphatic carbocycles. The largest absolute Gasteiger partial charge is 0.489 e. The lowest BCUT2D eigenvalue weighted by atomic mass is 9.81. The minimum absolute atomic E-state index is 0.00173. The lowest BCUT2D eigenvalue weighted by molar-refractivity contribution is -0.123. The van der Waals surface area contributed by atoms with Crippen LogP contribution in [0, 0.1) is 12.7 Å². The number of halogens is 1. The maximum atomic E-state index is 13.7. The number of aliphatic hydroxyl groups is 1. The molecule has 2 aromatic heterocycles. The molecule has 2 aromatic carbocycles. The number of hydrogen-bond donors (Lipinski definition) is 3. The Morgan fingerprint density at radius 3 is 2.64 bits per heavy atom. The highest BCUT2D eigenvalue weighted by Gasteiger charge is 2.45. The van der Waals surface area contributed by atoms with E-state index in [0.717, 1.165) is 10.9 Å². The number of amides is 3. The van der Waals surface area contributed by atoms with Crippen molar-refractivity contribution in [1.29, 1.82) is 0 Å². The number of aryl methyl sites for hydroxylation is 1. The second-order valence-electron chi connectivity index (χ2n) is 11.9. The summed E-state index contributed by atoms with van der Waals surface area (Å²) in [5.74, 6) is -0.924. The molecule has 4 heterocycles. The van der Waals surface area contributed by atoms with Crippen molar-refractivity contribution in [2.45, 2.75) is 44.6 Å². The van der Waals surface area contributed by atoms with Gasteiger partial charge in [0.25, 0.3) is 0 Å². The van der Waals surface area contributed by atoms with Gasteiger partial charge in [0.05, 0.1) is 16.9 Å². The molecule has 1 fully saturated rings. The van der Waals surface area contributed by atoms with E-state index in [2.05, 4.69) is 10.3 Å². The first-order valence-electron chi connectivity index (χ1n) is 14.3. The van der Waals surface area contributed by atoms with Gasteiger partial charge >= 0.3 is 6.03 Å². The maximum absolute atomic E-state index is 13.7. The van der Waals surface area contributed by atoms with E-state index >= 15 is 0 Å². The number of benzene rings is 2. The Balaban J connectivity index is 1.34. The van der Waals surface area contributed by atoms with Crippen LogP contribution in [0.15, 0.2) is 54.7 Å². The number of Topliss-reactive ketones (excluding diaryl/α,β-unsaturated/α-hetero) is 1. The Labute approximate surface area is 253 Å². The minimum atomic E-state index is -1.60. The molecular weight excluding hydrogens is 565 g/mol. The highest BCUT2D eigenvalue weighted by molar-refractivity contribution is 6.07. The smallest absolute Gasteiger partial charge is 0.322 e. The zero-order valence-electron chi connectivity index (χ0n) is 24.6. The third-order valence-corrected chi connectivity index (χ3v) is 8.49. The quantitative estimate of drug-likeness (QED) is 0.257. The van der Waals surface area contributed by atoms with Crippen LogP contribution in [-0.2, 0) is 15.8 Å². The molecule has 0 saturated carbocycles. The van der Waals surface area contributed by atoms with Gasteiger partial charge in [-0.1, -0.05) is 0 Å². The molecule has 6 rings (SSSR count). The Hall–Kier alpha value is -4.90. The zero-order chi connectivity index (χ0) is 31.4. The van der Waals surface area contributed by atoms with Gasteiger partial charge in [0.15, 0.2) is 5.78 Å². The number of primary amides is 1. The van der Waals surface area contributed by atoms with Gasteiger partial charge in [0.1, 0.15) is 34.9 Å². The molecule has 2 aliphatic heterocycles. The molecule has 0 radical (unpaired) electrons. The molecule has 1 saturated heterocycles. The molecule has 11 heteroatoms. The van der Waals surface area contributed by atoms with E-state index in [0.29, 0.717) is 52.4 Å². The lowest BCUT2D eigenvalue weighted by Gasteiger charge is -2.26. The SMILES string of the molecule is Cc1cnc2c(N3CCNC3=O)cc(C(=O)CC[C@](C)(O)c3cc4c(c(-c5ccc(F)cc5)n3)OC[C@]4(C)C(N)=O)cc2c1. The van der Waals surface area contributed by atoms with Crippen molar-refractivity contribution in [3.63, 3.8) is 0 Å². The van der Waals surface area contributed by atoms with E-state index in [1.54, 1.807) is 43.1 Å². The van der Waals surface area contributed by atoms with Crippen molar-refractivity contribution in [2.24, 2.45) is 5.73 Å². The molecule has 2 atom stereocenters. The summed E-state index contributed by atoms with van der Waals surface area (Å²) in [5, 5.41) is 15.2. The number of nitrogens with zero attached hydrogens (tertiary/aromatic N) is 3. The van der Waals surface area contributed by atoms with Crippen molar-refractivity contribution in [3.05, 3.63) is 82.9 Å². The van der Waals surface area contributed by atoms with Gasteiger partial charge in [-0.15, -0.1) is 0 Å². The van der Waals surface area contributed by atoms with Crippen LogP contribution in [-0.4, -0.2) is 52.5 Å². The molecule has 4 aromatic rings. The third kappa shape index (κ3) is 5.02. The standard InChI is InChI=1S/C33H32FN5O5/c1-18-12-21-13-20(14-24(27(21)37-16-18)39-11-10-36-31(39)42)25(40)8-9-33(3,43)26-15-23-29(44-17-32(23,2)30(35)41)28(38-26)19-4-6-22(34)7-5-19/h4-7,12-16,43H,8-11,17H2,1-3H3,(H2,35,41)(H,36,42)/t32-,33-/m0/s1. The Kier molecular flexibility index (Phi) is 7.08. The average Bonchev–Trinajstić information content (AvgIpc) is 3.58. The maximum Gasteiger partial charge on any atom is 0.322 e. The number of fused-ring (bicyclic) bond motifs is 2. The fourth-order valence-corrected chi connectivity index (χ4v) is 5.70. The predicted molar refractivity (Wildman–Crippen MR) is 162 cm³/mol. The highest BCUT2D eigenvalue weighted by Crippen LogP contribution is 2.46. The van der Waals surface area contributed by atoms with E-state index < -0.39 is 22.7 Å². The first kappa shape index (κ1) is 29.2. The first-order valence-corrected chi connectivity index (χ1v) is 14.3. The van der Waals surface area contributed by atoms with E-state index in [1.165, 1.54) is 24.3 Å². The number of rotatable bonds is 8. The molecule has 0 spiro atoms. The van der Waals surface area contributed by atoms with Crippen LogP contribution < -0.4 is 20.7 Å². The van der Waals surface area contributed by atoms with Gasteiger partial charge in [-0.2, -0.15) is 0 Å². The number of urea groups is 1. The topological polar surface area (TPSA) is 148 Å². The number of anilines is 1. The van der Waals surface area contributed by atoms with Crippen LogP contribution in [0.4, 0.5) is 14.9 Å². The molecule has 44 heavy (non-hydrogen) atoms. The number of hydrogen-bond acceptors (Lipinski definition) is 7. The Morgan fingerprint density at radius 1 is 1.20 bits per heavy atom. The second-order valence-corrected chi connectivity index (χ2v) is 11.9. The fourth-order valence-electron chi connectivity index (χ4n) is 5.70. The minimum Gasteiger partial charge on any atom is -0.489 e. The number of aromatic nitrogens is 2. The summed E-state index contributed by atoms with van der Waals surface area (Å²) in [4.78, 5) is 49.4. The molecule has 0 unspecified atom stereocenters. The number of pyridine rings is 2. The summed E-state index contributed by atoms with van der Waals surface area (Å²) in [6, 6.07) is 12.3. The van der Waals surface area contributed by atoms with Crippen LogP contribution >= 0.6 is 0 Å². The number of ketones is 1. The van der Waals surface area contributed by atoms with Crippen molar-refractivity contribution in [2.75, 3.05) is 24.6 Å². The summed E-state index contributed by atoms with van der Waals surface area (Å²) in [6.07, 6.45) is 1.67. The van der Waals surface area contributed by atoms with Gasteiger partial charge in [-0.25, -0.2) is 14.2 Å². The van der Waals surface area contributed by atoms with Crippen molar-refractivity contribution >= 4 is 34.3 Å². The Bertz CT molecular complexity index is 1840. The van der Waals surface area contributed by atoms with Crippen LogP contribution in [0.5, 0.6) is 5.75 Å². The van der Waals surface area contributed by atoms with Crippen molar-refractivity contribution in [3.8, 4) is 17.0 Å². The average molecular weight is 598 g/mol. The molecule has 10 nitrogen and oxygen atoms in total. The van der Waals surface area contributed by atoms with Crippen LogP contribution in [0.1, 0.15) is 53.9 Å². The van der Waals surface area contributed by atoms with Crippen molar-refractivity contribution < 1.29 is 28.6 Å². The monoisotopic (exact) mass is 597 g/mol. The van der Waals surface area contributed by atoms with Gasteiger partial charge in [0.2, 0.25) is 5.91 Å². The number of nitrogens with one attached hydrogen (secondary N) is 1. The van der Waals surface area contributed by atoms with E-state index in [4.69, 9.17) is 15.5 Å². The van der Waals surface area contributed by atoms with E-state index in [9.17, 15) is 23.9 Å². The second kappa shape index (κ2) is 10.7. The van der Waals surface area contributed by atoms with Crippen LogP contribution in [0.25, 0.3) is 22.2 Å². The van der Waals surface area contributed by atoms with Gasteiger partial charge in [-0.3, -0.25) is 19.5 Å². The van der Waals surface area contributed by atoms with Crippen LogP contribution in [0.2, 0.25) is 0 Å².